The van der Waals surface area contributed by atoms with Crippen LogP contribution in [-0.4, -0.2) is 84.2 Å². The van der Waals surface area contributed by atoms with E-state index in [1.807, 2.05) is 30.3 Å². The Morgan fingerprint density at radius 3 is 2.38 bits per heavy atom. The Hall–Kier alpha value is -3.38. The zero-order chi connectivity index (χ0) is 29.2. The normalized spacial score (nSPS) is 27.4. The van der Waals surface area contributed by atoms with Gasteiger partial charge < -0.3 is 33.5 Å². The molecule has 1 fully saturated rings. The van der Waals surface area contributed by atoms with E-state index >= 15 is 0 Å². The molecule has 0 saturated carbocycles. The maximum atomic E-state index is 12.8. The highest BCUT2D eigenvalue weighted by atomic mass is 16.6. The minimum absolute atomic E-state index is 0.0227. The van der Waals surface area contributed by atoms with Gasteiger partial charge in [-0.3, -0.25) is 19.2 Å². The van der Waals surface area contributed by atoms with Crippen molar-refractivity contribution in [1.82, 2.24) is 0 Å². The van der Waals surface area contributed by atoms with Crippen LogP contribution in [0.3, 0.4) is 0 Å². The van der Waals surface area contributed by atoms with E-state index in [1.54, 1.807) is 12.2 Å². The molecule has 1 aromatic rings. The predicted molar refractivity (Wildman–Crippen MR) is 140 cm³/mol. The summed E-state index contributed by atoms with van der Waals surface area (Å²) in [5.41, 5.74) is 0.827. The first-order valence-electron chi connectivity index (χ1n) is 13.0. The van der Waals surface area contributed by atoms with Crippen molar-refractivity contribution < 1.29 is 52.7 Å². The average Bonchev–Trinajstić information content (AvgIpc) is 3.20. The molecule has 0 aliphatic carbocycles. The fourth-order valence-corrected chi connectivity index (χ4v) is 4.68. The number of carbonyl (C=O) groups is 4. The topological polar surface area (TPSA) is 144 Å². The molecule has 1 saturated heterocycles. The lowest BCUT2D eigenvalue weighted by Gasteiger charge is -2.34. The summed E-state index contributed by atoms with van der Waals surface area (Å²) in [6.45, 7) is 7.17. The summed E-state index contributed by atoms with van der Waals surface area (Å²) in [7, 11) is 0. The van der Waals surface area contributed by atoms with E-state index in [4.69, 9.17) is 28.4 Å². The highest BCUT2D eigenvalue weighted by Gasteiger charge is 2.53. The molecule has 0 bridgehead atoms. The van der Waals surface area contributed by atoms with Crippen molar-refractivity contribution in [1.29, 1.82) is 0 Å². The molecule has 11 heteroatoms. The van der Waals surface area contributed by atoms with Gasteiger partial charge in [0.15, 0.2) is 18.0 Å². The molecule has 11 nitrogen and oxygen atoms in total. The number of aliphatic hydroxyl groups is 1. The van der Waals surface area contributed by atoms with Crippen molar-refractivity contribution in [3.63, 3.8) is 0 Å². The Morgan fingerprint density at radius 2 is 1.75 bits per heavy atom. The summed E-state index contributed by atoms with van der Waals surface area (Å²) < 4.78 is 34.1. The average molecular weight is 561 g/mol. The molecule has 0 radical (unpaired) electrons. The van der Waals surface area contributed by atoms with Gasteiger partial charge in [-0.2, -0.15) is 0 Å². The van der Waals surface area contributed by atoms with E-state index in [0.29, 0.717) is 6.42 Å². The van der Waals surface area contributed by atoms with E-state index in [9.17, 15) is 24.3 Å². The first-order valence-corrected chi connectivity index (χ1v) is 13.0. The quantitative estimate of drug-likeness (QED) is 0.215. The Labute approximate surface area is 233 Å². The molecule has 2 heterocycles. The van der Waals surface area contributed by atoms with Gasteiger partial charge in [0, 0.05) is 27.2 Å². The van der Waals surface area contributed by atoms with Crippen LogP contribution in [0.15, 0.2) is 55.1 Å². The van der Waals surface area contributed by atoms with Crippen LogP contribution in [-0.2, 0) is 54.2 Å². The summed E-state index contributed by atoms with van der Waals surface area (Å²) in [6.07, 6.45) is -3.52. The number of benzene rings is 1. The largest absolute Gasteiger partial charge is 0.462 e. The van der Waals surface area contributed by atoms with Crippen LogP contribution < -0.4 is 0 Å². The summed E-state index contributed by atoms with van der Waals surface area (Å²) in [5, 5.41) is 11.4. The van der Waals surface area contributed by atoms with Crippen LogP contribution in [0.1, 0.15) is 39.2 Å². The van der Waals surface area contributed by atoms with E-state index < -0.39 is 72.5 Å². The number of ketones is 1. The lowest BCUT2D eigenvalue weighted by Crippen LogP contribution is -2.52. The molecule has 3 rings (SSSR count). The third-order valence-electron chi connectivity index (χ3n) is 6.36. The minimum atomic E-state index is -1.37. The molecular formula is C29H36O11. The number of hydrogen-bond acceptors (Lipinski definition) is 11. The Bertz CT molecular complexity index is 1070. The predicted octanol–water partition coefficient (Wildman–Crippen LogP) is 1.99. The van der Waals surface area contributed by atoms with Gasteiger partial charge in [0.25, 0.3) is 0 Å². The monoisotopic (exact) mass is 560 g/mol. The van der Waals surface area contributed by atoms with E-state index in [0.717, 1.165) is 5.56 Å². The number of carbonyl (C=O) groups excluding carboxylic acids is 4. The molecule has 0 spiro atoms. The van der Waals surface area contributed by atoms with Crippen LogP contribution in [0.25, 0.3) is 0 Å². The van der Waals surface area contributed by atoms with Crippen molar-refractivity contribution in [3.8, 4) is 0 Å². The molecule has 1 aromatic carbocycles. The highest BCUT2D eigenvalue weighted by molar-refractivity contribution is 5.95. The standard InChI is InChI=1S/C29H36O11/c1-5-9-21-12-13-23(33)26(39-21)29(38-19(4)32)28-25(34)27(36-15-20-10-7-6-8-11-20)24(40-28)14-22(37-18(3)31)16-35-17(2)30/h5-8,10-13,21-22,24-29,34H,1,9,14-16H2,2-4H3/t21-,22-,24?,25-,26?,27?,28?,29-/m1/s1. The second-order valence-corrected chi connectivity index (χ2v) is 9.62. The number of ether oxygens (including phenoxy) is 6. The fourth-order valence-electron chi connectivity index (χ4n) is 4.68. The van der Waals surface area contributed by atoms with Gasteiger partial charge in [-0.1, -0.05) is 42.5 Å². The summed E-state index contributed by atoms with van der Waals surface area (Å²) in [5.74, 6) is -2.33. The lowest BCUT2D eigenvalue weighted by atomic mass is 9.94. The van der Waals surface area contributed by atoms with Gasteiger partial charge in [-0.05, 0) is 18.1 Å². The Morgan fingerprint density at radius 1 is 1.05 bits per heavy atom. The van der Waals surface area contributed by atoms with Crippen molar-refractivity contribution >= 4 is 23.7 Å². The molecule has 4 unspecified atom stereocenters. The van der Waals surface area contributed by atoms with Gasteiger partial charge in [-0.15, -0.1) is 6.58 Å². The second-order valence-electron chi connectivity index (χ2n) is 9.62. The molecule has 40 heavy (non-hydrogen) atoms. The fraction of sp³-hybridized carbons (Fsp3) is 0.517. The van der Waals surface area contributed by atoms with Gasteiger partial charge in [0.05, 0.1) is 18.8 Å². The molecule has 1 N–H and O–H groups in total. The Kier molecular flexibility index (Phi) is 11.6. The summed E-state index contributed by atoms with van der Waals surface area (Å²) >= 11 is 0. The SMILES string of the molecule is C=CC[C@@H]1C=CC(=O)C([C@@H](OC(C)=O)C2OC(C[C@H](COC(C)=O)OC(C)=O)C(OCc3ccccc3)[C@H]2O)O1. The third kappa shape index (κ3) is 8.82. The van der Waals surface area contributed by atoms with Gasteiger partial charge in [0.1, 0.15) is 31.0 Å². The van der Waals surface area contributed by atoms with E-state index in [-0.39, 0.29) is 19.6 Å². The van der Waals surface area contributed by atoms with Crippen molar-refractivity contribution in [2.75, 3.05) is 6.61 Å². The molecular weight excluding hydrogens is 524 g/mol. The van der Waals surface area contributed by atoms with Gasteiger partial charge in [0.2, 0.25) is 0 Å². The van der Waals surface area contributed by atoms with Gasteiger partial charge in [-0.25, -0.2) is 0 Å². The maximum absolute atomic E-state index is 12.8. The second kappa shape index (κ2) is 14.8. The Balaban J connectivity index is 1.89. The molecule has 8 atom stereocenters. The van der Waals surface area contributed by atoms with E-state index in [1.165, 1.54) is 26.8 Å². The zero-order valence-corrected chi connectivity index (χ0v) is 22.8. The van der Waals surface area contributed by atoms with Crippen LogP contribution in [0.5, 0.6) is 0 Å². The highest BCUT2D eigenvalue weighted by Crippen LogP contribution is 2.34. The third-order valence-corrected chi connectivity index (χ3v) is 6.36. The van der Waals surface area contributed by atoms with Crippen molar-refractivity contribution in [2.45, 2.75) is 89.1 Å². The molecule has 218 valence electrons. The van der Waals surface area contributed by atoms with Crippen LogP contribution in [0.2, 0.25) is 0 Å². The molecule has 2 aliphatic rings. The van der Waals surface area contributed by atoms with Crippen molar-refractivity contribution in [2.24, 2.45) is 0 Å². The summed E-state index contributed by atoms with van der Waals surface area (Å²) in [4.78, 5) is 48.1. The van der Waals surface area contributed by atoms with E-state index in [2.05, 4.69) is 6.58 Å². The van der Waals surface area contributed by atoms with Crippen molar-refractivity contribution in [3.05, 3.63) is 60.7 Å². The number of hydrogen-bond donors (Lipinski definition) is 1. The first kappa shape index (κ1) is 31.2. The lowest BCUT2D eigenvalue weighted by molar-refractivity contribution is -0.183. The minimum Gasteiger partial charge on any atom is -0.462 e. The summed E-state index contributed by atoms with van der Waals surface area (Å²) in [6, 6.07) is 9.23. The zero-order valence-electron chi connectivity index (χ0n) is 22.8. The van der Waals surface area contributed by atoms with Crippen LogP contribution in [0.4, 0.5) is 0 Å². The maximum Gasteiger partial charge on any atom is 0.303 e. The number of rotatable bonds is 13. The molecule has 0 aromatic heterocycles. The number of esters is 3. The molecule has 2 aliphatic heterocycles. The smallest absolute Gasteiger partial charge is 0.303 e. The molecule has 0 amide bonds. The number of aliphatic hydroxyl groups excluding tert-OH is 1. The van der Waals surface area contributed by atoms with Gasteiger partial charge >= 0.3 is 17.9 Å². The van der Waals surface area contributed by atoms with Crippen LogP contribution >= 0.6 is 0 Å². The first-order chi connectivity index (χ1) is 19.1. The van der Waals surface area contributed by atoms with Crippen LogP contribution in [0, 0.1) is 0 Å².